The standard InChI is InChI=1S/C7H5NO2S/c9-7(10)5-1-4-2-8-3-6(4)11-5/h1,3H,2H2,(H,9,10). The number of carboxylic acids is 1. The Labute approximate surface area is 67.0 Å². The number of aliphatic imine (C=N–C) groups is 1. The first-order valence-corrected chi connectivity index (χ1v) is 3.95. The molecule has 0 unspecified atom stereocenters. The fourth-order valence-corrected chi connectivity index (χ4v) is 1.92. The second-order valence-corrected chi connectivity index (χ2v) is 3.36. The van der Waals surface area contributed by atoms with Crippen molar-refractivity contribution in [1.29, 1.82) is 0 Å². The molecule has 3 nitrogen and oxygen atoms in total. The van der Waals surface area contributed by atoms with Crippen LogP contribution in [-0.2, 0) is 6.54 Å². The number of fused-ring (bicyclic) bond motifs is 1. The van der Waals surface area contributed by atoms with E-state index < -0.39 is 5.97 Å². The van der Waals surface area contributed by atoms with Gasteiger partial charge in [-0.15, -0.1) is 11.3 Å². The molecule has 0 bridgehead atoms. The van der Waals surface area contributed by atoms with Crippen LogP contribution in [0.3, 0.4) is 0 Å². The minimum Gasteiger partial charge on any atom is -0.477 e. The van der Waals surface area contributed by atoms with Crippen LogP contribution in [0.15, 0.2) is 11.1 Å². The normalized spacial score (nSPS) is 13.5. The largest absolute Gasteiger partial charge is 0.477 e. The number of aromatic carboxylic acids is 1. The summed E-state index contributed by atoms with van der Waals surface area (Å²) in [6, 6.07) is 1.69. The first-order chi connectivity index (χ1) is 5.27. The van der Waals surface area contributed by atoms with Gasteiger partial charge in [-0.25, -0.2) is 4.79 Å². The predicted molar refractivity (Wildman–Crippen MR) is 42.6 cm³/mol. The quantitative estimate of drug-likeness (QED) is 0.686. The number of nitrogens with zero attached hydrogens (tertiary/aromatic N) is 1. The maximum Gasteiger partial charge on any atom is 0.345 e. The van der Waals surface area contributed by atoms with Crippen molar-refractivity contribution in [3.8, 4) is 0 Å². The third kappa shape index (κ3) is 0.952. The van der Waals surface area contributed by atoms with Crippen molar-refractivity contribution in [1.82, 2.24) is 0 Å². The summed E-state index contributed by atoms with van der Waals surface area (Å²) in [5.41, 5.74) is 1.03. The van der Waals surface area contributed by atoms with Gasteiger partial charge in [0, 0.05) is 6.21 Å². The molecule has 56 valence electrons. The average Bonchev–Trinajstić information content (AvgIpc) is 2.40. The molecule has 0 aromatic carbocycles. The summed E-state index contributed by atoms with van der Waals surface area (Å²) in [7, 11) is 0. The summed E-state index contributed by atoms with van der Waals surface area (Å²) in [5, 5.41) is 8.61. The van der Waals surface area contributed by atoms with E-state index in [4.69, 9.17) is 5.11 Å². The topological polar surface area (TPSA) is 49.7 Å². The number of hydrogen-bond acceptors (Lipinski definition) is 3. The molecular weight excluding hydrogens is 162 g/mol. The second kappa shape index (κ2) is 2.17. The van der Waals surface area contributed by atoms with Crippen molar-refractivity contribution >= 4 is 23.5 Å². The van der Waals surface area contributed by atoms with Crippen LogP contribution in [0, 0.1) is 0 Å². The van der Waals surface area contributed by atoms with E-state index in [2.05, 4.69) is 4.99 Å². The molecule has 0 saturated carbocycles. The minimum absolute atomic E-state index is 0.404. The van der Waals surface area contributed by atoms with Crippen LogP contribution < -0.4 is 0 Å². The SMILES string of the molecule is O=C(O)c1cc2c(s1)C=NC2. The van der Waals surface area contributed by atoms with Gasteiger partial charge in [0.2, 0.25) is 0 Å². The average molecular weight is 167 g/mol. The van der Waals surface area contributed by atoms with E-state index in [0.717, 1.165) is 10.4 Å². The zero-order valence-corrected chi connectivity index (χ0v) is 6.39. The number of rotatable bonds is 1. The molecule has 0 fully saturated rings. The Balaban J connectivity index is 2.49. The van der Waals surface area contributed by atoms with Gasteiger partial charge in [-0.2, -0.15) is 0 Å². The maximum atomic E-state index is 10.5. The van der Waals surface area contributed by atoms with E-state index in [9.17, 15) is 4.79 Å². The van der Waals surface area contributed by atoms with Crippen molar-refractivity contribution < 1.29 is 9.90 Å². The van der Waals surface area contributed by atoms with Gasteiger partial charge in [-0.3, -0.25) is 4.99 Å². The minimum atomic E-state index is -0.849. The molecule has 0 saturated heterocycles. The Kier molecular flexibility index (Phi) is 1.29. The van der Waals surface area contributed by atoms with E-state index in [1.165, 1.54) is 11.3 Å². The zero-order chi connectivity index (χ0) is 7.84. The van der Waals surface area contributed by atoms with E-state index in [0.29, 0.717) is 11.4 Å². The van der Waals surface area contributed by atoms with Crippen LogP contribution in [0.1, 0.15) is 20.1 Å². The lowest BCUT2D eigenvalue weighted by Gasteiger charge is -1.82. The van der Waals surface area contributed by atoms with Crippen molar-refractivity contribution in [3.63, 3.8) is 0 Å². The molecule has 1 aliphatic heterocycles. The smallest absolute Gasteiger partial charge is 0.345 e. The predicted octanol–water partition coefficient (Wildman–Crippen LogP) is 1.38. The molecule has 2 rings (SSSR count). The number of hydrogen-bond donors (Lipinski definition) is 1. The fraction of sp³-hybridized carbons (Fsp3) is 0.143. The van der Waals surface area contributed by atoms with Crippen molar-refractivity contribution in [3.05, 3.63) is 21.4 Å². The third-order valence-electron chi connectivity index (χ3n) is 1.52. The van der Waals surface area contributed by atoms with Crippen LogP contribution in [-0.4, -0.2) is 17.3 Å². The lowest BCUT2D eigenvalue weighted by Crippen LogP contribution is -1.90. The Morgan fingerprint density at radius 2 is 2.55 bits per heavy atom. The molecule has 4 heteroatoms. The molecule has 1 N–H and O–H groups in total. The van der Waals surface area contributed by atoms with Gasteiger partial charge < -0.3 is 5.11 Å². The Hall–Kier alpha value is -1.16. The first kappa shape index (κ1) is 6.54. The van der Waals surface area contributed by atoms with Gasteiger partial charge >= 0.3 is 5.97 Å². The van der Waals surface area contributed by atoms with Crippen LogP contribution in [0.4, 0.5) is 0 Å². The van der Waals surface area contributed by atoms with Crippen molar-refractivity contribution in [2.45, 2.75) is 6.54 Å². The Morgan fingerprint density at radius 1 is 1.73 bits per heavy atom. The molecule has 1 aliphatic rings. The van der Waals surface area contributed by atoms with E-state index >= 15 is 0 Å². The highest BCUT2D eigenvalue weighted by Crippen LogP contribution is 2.24. The number of thiophene rings is 1. The highest BCUT2D eigenvalue weighted by Gasteiger charge is 2.14. The summed E-state index contributed by atoms with van der Waals surface area (Å²) in [4.78, 5) is 15.9. The Morgan fingerprint density at radius 3 is 3.18 bits per heavy atom. The highest BCUT2D eigenvalue weighted by molar-refractivity contribution is 7.15. The lowest BCUT2D eigenvalue weighted by molar-refractivity contribution is 0.0702. The first-order valence-electron chi connectivity index (χ1n) is 3.13. The molecule has 1 aromatic rings. The van der Waals surface area contributed by atoms with E-state index in [-0.39, 0.29) is 0 Å². The van der Waals surface area contributed by atoms with Crippen LogP contribution in [0.2, 0.25) is 0 Å². The highest BCUT2D eigenvalue weighted by atomic mass is 32.1. The van der Waals surface area contributed by atoms with Crippen molar-refractivity contribution in [2.24, 2.45) is 4.99 Å². The zero-order valence-electron chi connectivity index (χ0n) is 5.57. The monoisotopic (exact) mass is 167 g/mol. The molecule has 0 atom stereocenters. The molecule has 1 aromatic heterocycles. The number of carboxylic acid groups (broad SMARTS) is 1. The van der Waals surface area contributed by atoms with E-state index in [1.807, 2.05) is 0 Å². The molecular formula is C7H5NO2S. The molecule has 2 heterocycles. The van der Waals surface area contributed by atoms with Gasteiger partial charge in [0.05, 0.1) is 11.4 Å². The molecule has 11 heavy (non-hydrogen) atoms. The second-order valence-electron chi connectivity index (χ2n) is 2.28. The summed E-state index contributed by atoms with van der Waals surface area (Å²) in [6.45, 7) is 0.638. The van der Waals surface area contributed by atoms with Gasteiger partial charge in [0.1, 0.15) is 4.88 Å². The summed E-state index contributed by atoms with van der Waals surface area (Å²) in [6.07, 6.45) is 1.73. The maximum absolute atomic E-state index is 10.5. The van der Waals surface area contributed by atoms with Gasteiger partial charge in [0.15, 0.2) is 0 Å². The molecule has 0 amide bonds. The van der Waals surface area contributed by atoms with Crippen LogP contribution in [0.25, 0.3) is 0 Å². The lowest BCUT2D eigenvalue weighted by atomic mass is 10.3. The third-order valence-corrected chi connectivity index (χ3v) is 2.62. The van der Waals surface area contributed by atoms with Gasteiger partial charge in [-0.05, 0) is 11.6 Å². The van der Waals surface area contributed by atoms with E-state index in [1.54, 1.807) is 12.3 Å². The van der Waals surface area contributed by atoms with Gasteiger partial charge in [0.25, 0.3) is 0 Å². The summed E-state index contributed by atoms with van der Waals surface area (Å²) < 4.78 is 0. The molecule has 0 aliphatic carbocycles. The van der Waals surface area contributed by atoms with Crippen molar-refractivity contribution in [2.75, 3.05) is 0 Å². The molecule has 0 spiro atoms. The Bertz CT molecular complexity index is 340. The van der Waals surface area contributed by atoms with Gasteiger partial charge in [-0.1, -0.05) is 0 Å². The number of carbonyl (C=O) groups is 1. The molecule has 0 radical (unpaired) electrons. The summed E-state index contributed by atoms with van der Waals surface area (Å²) >= 11 is 1.28. The fourth-order valence-electron chi connectivity index (χ4n) is 1.01. The van der Waals surface area contributed by atoms with Crippen LogP contribution >= 0.6 is 11.3 Å². The van der Waals surface area contributed by atoms with Crippen LogP contribution in [0.5, 0.6) is 0 Å². The summed E-state index contributed by atoms with van der Waals surface area (Å²) in [5.74, 6) is -0.849.